The molecule has 0 aliphatic heterocycles. The number of nitrogens with zero attached hydrogens (tertiary/aromatic N) is 1. The molecule has 4 aromatic rings. The molecule has 0 amide bonds. The van der Waals surface area contributed by atoms with Crippen molar-refractivity contribution < 1.29 is 4.39 Å². The average molecular weight is 372 g/mol. The largest absolute Gasteiger partial charge is 0.354 e. The van der Waals surface area contributed by atoms with Crippen LogP contribution in [0.3, 0.4) is 0 Å². The van der Waals surface area contributed by atoms with Gasteiger partial charge in [-0.3, -0.25) is 0 Å². The molecule has 0 aliphatic rings. The van der Waals surface area contributed by atoms with E-state index in [0.717, 1.165) is 27.0 Å². The smallest absolute Gasteiger partial charge is 0.152 e. The van der Waals surface area contributed by atoms with Crippen LogP contribution in [0.5, 0.6) is 0 Å². The summed E-state index contributed by atoms with van der Waals surface area (Å²) in [6, 6.07) is 13.4. The zero-order chi connectivity index (χ0) is 18.1. The lowest BCUT2D eigenvalue weighted by molar-refractivity contribution is 0.641. The monoisotopic (exact) mass is 371 g/mol. The first-order valence-electron chi connectivity index (χ1n) is 7.65. The van der Waals surface area contributed by atoms with Gasteiger partial charge < -0.3 is 10.7 Å². The third-order valence-electron chi connectivity index (χ3n) is 3.96. The van der Waals surface area contributed by atoms with Crippen LogP contribution in [0.15, 0.2) is 42.2 Å². The molecule has 0 fully saturated rings. The fourth-order valence-electron chi connectivity index (χ4n) is 3.00. The molecule has 1 atom stereocenters. The van der Waals surface area contributed by atoms with Crippen molar-refractivity contribution in [1.82, 2.24) is 4.98 Å². The van der Waals surface area contributed by atoms with Crippen LogP contribution >= 0.6 is 19.1 Å². The molecule has 0 spiro atoms. The number of nitrogens with two attached hydrogens (primary N) is 1. The summed E-state index contributed by atoms with van der Waals surface area (Å²) in [5, 5.41) is 11.9. The molecule has 0 saturated heterocycles. The highest BCUT2D eigenvalue weighted by molar-refractivity contribution is 7.62. The molecule has 2 aromatic heterocycles. The summed E-state index contributed by atoms with van der Waals surface area (Å²) < 4.78 is 14.6. The number of halogens is 2. The lowest BCUT2D eigenvalue weighted by Gasteiger charge is -2.05. The molecule has 0 aliphatic carbocycles. The van der Waals surface area contributed by atoms with Crippen molar-refractivity contribution in [2.75, 3.05) is 7.05 Å². The Balaban J connectivity index is 0.000000880. The van der Waals surface area contributed by atoms with Crippen molar-refractivity contribution in [3.63, 3.8) is 0 Å². The van der Waals surface area contributed by atoms with E-state index in [1.54, 1.807) is 12.1 Å². The van der Waals surface area contributed by atoms with E-state index in [4.69, 9.17) is 11.6 Å². The second-order valence-corrected chi connectivity index (χ2v) is 7.93. The van der Waals surface area contributed by atoms with Crippen molar-refractivity contribution in [1.29, 1.82) is 5.26 Å². The highest BCUT2D eigenvalue weighted by Crippen LogP contribution is 2.51. The first-order valence-corrected chi connectivity index (χ1v) is 9.44. The van der Waals surface area contributed by atoms with E-state index in [0.29, 0.717) is 10.9 Å². The molecule has 3 N–H and O–H groups in total. The zero-order valence-corrected chi connectivity index (χ0v) is 15.4. The van der Waals surface area contributed by atoms with Gasteiger partial charge in [0.05, 0.1) is 22.2 Å². The van der Waals surface area contributed by atoms with Gasteiger partial charge in [0.1, 0.15) is 0 Å². The van der Waals surface area contributed by atoms with Gasteiger partial charge in [0.2, 0.25) is 0 Å². The van der Waals surface area contributed by atoms with Gasteiger partial charge in [-0.05, 0) is 61.7 Å². The molecular weight excluding hydrogens is 356 g/mol. The lowest BCUT2D eigenvalue weighted by atomic mass is 10.2. The average Bonchev–Trinajstić information content (AvgIpc) is 3.18. The SMILES string of the molecule is CN.Cc1cc(C#N)cc(-p2ccc3[nH]c4ccc(Cl)c(F)c4c32)c1. The van der Waals surface area contributed by atoms with Crippen LogP contribution in [-0.2, 0) is 0 Å². The molecule has 6 heteroatoms. The molecule has 2 heterocycles. The van der Waals surface area contributed by atoms with Crippen LogP contribution in [0.25, 0.3) is 26.8 Å². The number of rotatable bonds is 1. The van der Waals surface area contributed by atoms with Gasteiger partial charge in [-0.15, -0.1) is 0 Å². The third kappa shape index (κ3) is 2.92. The number of aryl methyl sites for hydroxylation is 1. The molecule has 25 heavy (non-hydrogen) atoms. The summed E-state index contributed by atoms with van der Waals surface area (Å²) in [6.45, 7) is 1.97. The van der Waals surface area contributed by atoms with E-state index in [-0.39, 0.29) is 10.8 Å². The number of hydrogen-bond donors (Lipinski definition) is 2. The quantitative estimate of drug-likeness (QED) is 0.441. The van der Waals surface area contributed by atoms with E-state index in [9.17, 15) is 9.65 Å². The van der Waals surface area contributed by atoms with Crippen LogP contribution in [0.4, 0.5) is 4.39 Å². The first kappa shape index (κ1) is 17.5. The van der Waals surface area contributed by atoms with Gasteiger partial charge >= 0.3 is 0 Å². The van der Waals surface area contributed by atoms with E-state index in [2.05, 4.69) is 28.7 Å². The second-order valence-electron chi connectivity index (χ2n) is 5.53. The number of nitriles is 1. The van der Waals surface area contributed by atoms with Crippen LogP contribution in [0.1, 0.15) is 11.1 Å². The Kier molecular flexibility index (Phi) is 4.83. The van der Waals surface area contributed by atoms with Crippen LogP contribution < -0.4 is 5.73 Å². The maximum atomic E-state index is 14.6. The summed E-state index contributed by atoms with van der Waals surface area (Å²) in [4.78, 5) is 3.25. The lowest BCUT2D eigenvalue weighted by Crippen LogP contribution is -1.80. The molecule has 0 saturated carbocycles. The van der Waals surface area contributed by atoms with Gasteiger partial charge in [0, 0.05) is 21.3 Å². The highest BCUT2D eigenvalue weighted by Gasteiger charge is 2.17. The maximum Gasteiger partial charge on any atom is 0.152 e. The highest BCUT2D eigenvalue weighted by atomic mass is 35.5. The number of nitrogens with one attached hydrogen (secondary N) is 1. The summed E-state index contributed by atoms with van der Waals surface area (Å²) >= 11 is 5.97. The number of fused-ring (bicyclic) bond motifs is 3. The van der Waals surface area contributed by atoms with Crippen molar-refractivity contribution in [2.45, 2.75) is 6.92 Å². The Morgan fingerprint density at radius 1 is 1.16 bits per heavy atom. The minimum atomic E-state index is -0.847. The zero-order valence-electron chi connectivity index (χ0n) is 13.8. The number of aromatic nitrogens is 1. The Morgan fingerprint density at radius 2 is 1.92 bits per heavy atom. The van der Waals surface area contributed by atoms with E-state index in [1.807, 2.05) is 25.1 Å². The van der Waals surface area contributed by atoms with Crippen molar-refractivity contribution >= 4 is 40.7 Å². The van der Waals surface area contributed by atoms with Gasteiger partial charge in [-0.2, -0.15) is 5.26 Å². The number of aromatic amines is 1. The van der Waals surface area contributed by atoms with E-state index in [1.165, 1.54) is 7.05 Å². The fraction of sp³-hybridized carbons (Fsp3) is 0.105. The Hall–Kier alpha value is -2.31. The van der Waals surface area contributed by atoms with Gasteiger partial charge in [-0.25, -0.2) is 4.39 Å². The molecular formula is C19H16ClFN3P. The molecule has 1 unspecified atom stereocenters. The molecule has 4 rings (SSSR count). The number of H-pyrrole nitrogens is 1. The van der Waals surface area contributed by atoms with Gasteiger partial charge in [-0.1, -0.05) is 19.1 Å². The predicted octanol–water partition coefficient (Wildman–Crippen LogP) is 5.84. The molecule has 0 radical (unpaired) electrons. The molecule has 126 valence electrons. The van der Waals surface area contributed by atoms with Crippen LogP contribution in [-0.4, -0.2) is 12.0 Å². The first-order chi connectivity index (χ1) is 12.1. The molecule has 0 bridgehead atoms. The predicted molar refractivity (Wildman–Crippen MR) is 104 cm³/mol. The Labute approximate surface area is 150 Å². The van der Waals surface area contributed by atoms with Crippen LogP contribution in [0.2, 0.25) is 5.02 Å². The van der Waals surface area contributed by atoms with Crippen molar-refractivity contribution in [2.24, 2.45) is 5.73 Å². The molecule has 3 nitrogen and oxygen atoms in total. The summed E-state index contributed by atoms with van der Waals surface area (Å²) in [5.74, 6) is 1.71. The number of hydrogen-bond acceptors (Lipinski definition) is 2. The van der Waals surface area contributed by atoms with Crippen molar-refractivity contribution in [3.8, 4) is 11.4 Å². The molecule has 2 aromatic carbocycles. The van der Waals surface area contributed by atoms with Gasteiger partial charge in [0.25, 0.3) is 0 Å². The maximum absolute atomic E-state index is 14.6. The third-order valence-corrected chi connectivity index (χ3v) is 6.46. The summed E-state index contributed by atoms with van der Waals surface area (Å²) in [7, 11) is 0.653. The second kappa shape index (κ2) is 6.90. The number of benzene rings is 2. The minimum absolute atomic E-state index is 0.128. The van der Waals surface area contributed by atoms with Crippen LogP contribution in [0, 0.1) is 24.1 Å². The Morgan fingerprint density at radius 3 is 2.64 bits per heavy atom. The topological polar surface area (TPSA) is 65.6 Å². The van der Waals surface area contributed by atoms with E-state index >= 15 is 0 Å². The van der Waals surface area contributed by atoms with E-state index < -0.39 is 7.53 Å². The normalized spacial score (nSPS) is 11.3. The Bertz CT molecular complexity index is 1120. The van der Waals surface area contributed by atoms with Gasteiger partial charge in [0.15, 0.2) is 5.82 Å². The summed E-state index contributed by atoms with van der Waals surface area (Å²) in [6.07, 6.45) is 0. The standard InChI is InChI=1S/C18H11ClFN2P.CH5N/c1-10-6-11(9-21)8-12(7-10)23-5-4-15-18(23)16-14(22-15)3-2-13(19)17(16)20;1-2/h2-8,22H,1H3;2H2,1H3. The fourth-order valence-corrected chi connectivity index (χ4v) is 5.51. The summed E-state index contributed by atoms with van der Waals surface area (Å²) in [5.41, 5.74) is 7.83. The minimum Gasteiger partial charge on any atom is -0.354 e. The van der Waals surface area contributed by atoms with Crippen molar-refractivity contribution in [3.05, 3.63) is 64.2 Å².